The summed E-state index contributed by atoms with van der Waals surface area (Å²) in [4.78, 5) is 12.6. The lowest BCUT2D eigenvalue weighted by molar-refractivity contribution is -0.0109. The molecule has 6 nitrogen and oxygen atoms in total. The normalized spacial score (nSPS) is 18.4. The van der Waals surface area contributed by atoms with Gasteiger partial charge in [-0.05, 0) is 49.6 Å². The first kappa shape index (κ1) is 16.7. The van der Waals surface area contributed by atoms with Crippen LogP contribution in [0.4, 0.5) is 5.69 Å². The summed E-state index contributed by atoms with van der Waals surface area (Å²) in [5.74, 6) is 1.64. The van der Waals surface area contributed by atoms with Crippen LogP contribution in [0.25, 0.3) is 0 Å². The van der Waals surface area contributed by atoms with Gasteiger partial charge in [0.1, 0.15) is 12.4 Å². The van der Waals surface area contributed by atoms with Gasteiger partial charge in [0, 0.05) is 12.2 Å². The van der Waals surface area contributed by atoms with Gasteiger partial charge in [0.25, 0.3) is 5.91 Å². The minimum Gasteiger partial charge on any atom is -0.489 e. The lowest BCUT2D eigenvalue weighted by Gasteiger charge is -2.23. The SMILES string of the molecule is O=C(Nc1ccccc1OCC1CCCCO1)c1ccc2c(c1)OCO2. The summed E-state index contributed by atoms with van der Waals surface area (Å²) in [5.41, 5.74) is 1.13. The maximum Gasteiger partial charge on any atom is 0.255 e. The molecule has 26 heavy (non-hydrogen) atoms. The third kappa shape index (κ3) is 3.75. The Balaban J connectivity index is 1.43. The first-order chi connectivity index (χ1) is 12.8. The van der Waals surface area contributed by atoms with E-state index in [-0.39, 0.29) is 18.8 Å². The van der Waals surface area contributed by atoms with Crippen molar-refractivity contribution in [3.63, 3.8) is 0 Å². The van der Waals surface area contributed by atoms with Crippen LogP contribution in [0.1, 0.15) is 29.6 Å². The quantitative estimate of drug-likeness (QED) is 0.887. The van der Waals surface area contributed by atoms with Gasteiger partial charge in [-0.2, -0.15) is 0 Å². The Hall–Kier alpha value is -2.73. The van der Waals surface area contributed by atoms with Crippen molar-refractivity contribution in [3.8, 4) is 17.2 Å². The van der Waals surface area contributed by atoms with Crippen molar-refractivity contribution in [2.45, 2.75) is 25.4 Å². The minimum atomic E-state index is -0.228. The molecule has 2 aromatic carbocycles. The van der Waals surface area contributed by atoms with Gasteiger partial charge in [0.2, 0.25) is 6.79 Å². The van der Waals surface area contributed by atoms with E-state index < -0.39 is 0 Å². The van der Waals surface area contributed by atoms with E-state index >= 15 is 0 Å². The summed E-state index contributed by atoms with van der Waals surface area (Å²) < 4.78 is 22.2. The topological polar surface area (TPSA) is 66.0 Å². The van der Waals surface area contributed by atoms with Gasteiger partial charge in [-0.15, -0.1) is 0 Å². The van der Waals surface area contributed by atoms with Crippen LogP contribution >= 0.6 is 0 Å². The molecule has 4 rings (SSSR count). The Morgan fingerprint density at radius 1 is 1.12 bits per heavy atom. The predicted molar refractivity (Wildman–Crippen MR) is 96.0 cm³/mol. The molecule has 2 heterocycles. The standard InChI is InChI=1S/C20H21NO5/c22-20(14-8-9-18-19(11-14)26-13-25-18)21-16-6-1-2-7-17(16)24-12-15-5-3-4-10-23-15/h1-2,6-9,11,15H,3-5,10,12-13H2,(H,21,22). The number of benzene rings is 2. The Labute approximate surface area is 152 Å². The van der Waals surface area contributed by atoms with Crippen LogP contribution < -0.4 is 19.5 Å². The summed E-state index contributed by atoms with van der Waals surface area (Å²) in [6, 6.07) is 12.5. The molecule has 2 aliphatic rings. The molecule has 6 heteroatoms. The summed E-state index contributed by atoms with van der Waals surface area (Å²) in [6.07, 6.45) is 3.39. The number of anilines is 1. The summed E-state index contributed by atoms with van der Waals surface area (Å²) in [6.45, 7) is 1.45. The van der Waals surface area contributed by atoms with Crippen molar-refractivity contribution >= 4 is 11.6 Å². The molecule has 1 unspecified atom stereocenters. The molecule has 0 aromatic heterocycles. The largest absolute Gasteiger partial charge is 0.489 e. The monoisotopic (exact) mass is 355 g/mol. The summed E-state index contributed by atoms with van der Waals surface area (Å²) >= 11 is 0. The van der Waals surface area contributed by atoms with Crippen LogP contribution in [-0.2, 0) is 4.74 Å². The zero-order valence-corrected chi connectivity index (χ0v) is 14.4. The fourth-order valence-electron chi connectivity index (χ4n) is 3.05. The van der Waals surface area contributed by atoms with E-state index in [0.717, 1.165) is 25.9 Å². The number of hydrogen-bond donors (Lipinski definition) is 1. The number of carbonyl (C=O) groups is 1. The van der Waals surface area contributed by atoms with Crippen LogP contribution in [-0.4, -0.2) is 32.0 Å². The van der Waals surface area contributed by atoms with Gasteiger partial charge >= 0.3 is 0 Å². The number of rotatable bonds is 5. The van der Waals surface area contributed by atoms with Crippen molar-refractivity contribution in [1.82, 2.24) is 0 Å². The van der Waals surface area contributed by atoms with Gasteiger partial charge in [-0.25, -0.2) is 0 Å². The second-order valence-electron chi connectivity index (χ2n) is 6.32. The number of para-hydroxylation sites is 2. The Morgan fingerprint density at radius 2 is 2.00 bits per heavy atom. The Bertz CT molecular complexity index is 786. The lowest BCUT2D eigenvalue weighted by atomic mass is 10.1. The van der Waals surface area contributed by atoms with E-state index in [1.54, 1.807) is 18.2 Å². The first-order valence-corrected chi connectivity index (χ1v) is 8.84. The average molecular weight is 355 g/mol. The van der Waals surface area contributed by atoms with Crippen LogP contribution in [0.5, 0.6) is 17.2 Å². The molecule has 0 aliphatic carbocycles. The maximum absolute atomic E-state index is 12.6. The van der Waals surface area contributed by atoms with Crippen LogP contribution in [0.2, 0.25) is 0 Å². The molecular weight excluding hydrogens is 334 g/mol. The smallest absolute Gasteiger partial charge is 0.255 e. The molecule has 136 valence electrons. The number of nitrogens with one attached hydrogen (secondary N) is 1. The van der Waals surface area contributed by atoms with Gasteiger partial charge in [-0.1, -0.05) is 12.1 Å². The molecule has 0 saturated carbocycles. The molecule has 1 atom stereocenters. The van der Waals surface area contributed by atoms with Crippen molar-refractivity contribution in [2.24, 2.45) is 0 Å². The zero-order valence-electron chi connectivity index (χ0n) is 14.4. The zero-order chi connectivity index (χ0) is 17.8. The van der Waals surface area contributed by atoms with E-state index in [4.69, 9.17) is 18.9 Å². The molecular formula is C20H21NO5. The van der Waals surface area contributed by atoms with Crippen molar-refractivity contribution < 1.29 is 23.7 Å². The average Bonchev–Trinajstić information content (AvgIpc) is 3.16. The summed E-state index contributed by atoms with van der Waals surface area (Å²) in [5, 5.41) is 2.90. The van der Waals surface area contributed by atoms with E-state index in [1.807, 2.05) is 24.3 Å². The van der Waals surface area contributed by atoms with Gasteiger partial charge in [-0.3, -0.25) is 4.79 Å². The summed E-state index contributed by atoms with van der Waals surface area (Å²) in [7, 11) is 0. The van der Waals surface area contributed by atoms with Gasteiger partial charge < -0.3 is 24.3 Å². The first-order valence-electron chi connectivity index (χ1n) is 8.84. The van der Waals surface area contributed by atoms with Gasteiger partial charge in [0.15, 0.2) is 11.5 Å². The highest BCUT2D eigenvalue weighted by Gasteiger charge is 2.18. The third-order valence-electron chi connectivity index (χ3n) is 4.47. The van der Waals surface area contributed by atoms with Crippen LogP contribution in [0, 0.1) is 0 Å². The number of hydrogen-bond acceptors (Lipinski definition) is 5. The van der Waals surface area contributed by atoms with Crippen molar-refractivity contribution in [3.05, 3.63) is 48.0 Å². The fraction of sp³-hybridized carbons (Fsp3) is 0.350. The minimum absolute atomic E-state index is 0.112. The van der Waals surface area contributed by atoms with Crippen LogP contribution in [0.3, 0.4) is 0 Å². The number of amides is 1. The van der Waals surface area contributed by atoms with Gasteiger partial charge in [0.05, 0.1) is 11.8 Å². The second-order valence-corrected chi connectivity index (χ2v) is 6.32. The highest BCUT2D eigenvalue weighted by Crippen LogP contribution is 2.33. The molecule has 1 N–H and O–H groups in total. The Kier molecular flexibility index (Phi) is 4.93. The van der Waals surface area contributed by atoms with Crippen LogP contribution in [0.15, 0.2) is 42.5 Å². The fourth-order valence-corrected chi connectivity index (χ4v) is 3.05. The predicted octanol–water partition coefficient (Wildman–Crippen LogP) is 3.62. The molecule has 0 bridgehead atoms. The molecule has 0 spiro atoms. The van der Waals surface area contributed by atoms with E-state index in [1.165, 1.54) is 0 Å². The van der Waals surface area contributed by atoms with E-state index in [0.29, 0.717) is 35.1 Å². The number of carbonyl (C=O) groups excluding carboxylic acids is 1. The van der Waals surface area contributed by atoms with E-state index in [2.05, 4.69) is 5.32 Å². The molecule has 1 amide bonds. The van der Waals surface area contributed by atoms with E-state index in [9.17, 15) is 4.79 Å². The lowest BCUT2D eigenvalue weighted by Crippen LogP contribution is -2.26. The number of ether oxygens (including phenoxy) is 4. The van der Waals surface area contributed by atoms with Crippen molar-refractivity contribution in [1.29, 1.82) is 0 Å². The molecule has 0 radical (unpaired) electrons. The number of fused-ring (bicyclic) bond motifs is 1. The molecule has 2 aliphatic heterocycles. The second kappa shape index (κ2) is 7.66. The van der Waals surface area contributed by atoms with Crippen molar-refractivity contribution in [2.75, 3.05) is 25.3 Å². The highest BCUT2D eigenvalue weighted by atomic mass is 16.7. The highest BCUT2D eigenvalue weighted by molar-refractivity contribution is 6.05. The Morgan fingerprint density at radius 3 is 2.88 bits per heavy atom. The maximum atomic E-state index is 12.6. The molecule has 1 saturated heterocycles. The molecule has 1 fully saturated rings. The molecule has 2 aromatic rings. The third-order valence-corrected chi connectivity index (χ3v) is 4.47.